The van der Waals surface area contributed by atoms with Gasteiger partial charge < -0.3 is 9.73 Å². The molecule has 3 heterocycles. The lowest BCUT2D eigenvalue weighted by atomic mass is 10.2. The lowest BCUT2D eigenvalue weighted by Crippen LogP contribution is -2.22. The van der Waals surface area contributed by atoms with Gasteiger partial charge in [-0.1, -0.05) is 36.4 Å². The largest absolute Gasteiger partial charge is 0.441 e. The van der Waals surface area contributed by atoms with Crippen LogP contribution in [-0.4, -0.2) is 30.6 Å². The second kappa shape index (κ2) is 8.92. The fourth-order valence-corrected chi connectivity index (χ4v) is 2.83. The van der Waals surface area contributed by atoms with Gasteiger partial charge in [-0.3, -0.25) is 4.79 Å². The first-order valence-electron chi connectivity index (χ1n) is 9.35. The van der Waals surface area contributed by atoms with Gasteiger partial charge in [0.15, 0.2) is 17.5 Å². The molecule has 29 heavy (non-hydrogen) atoms. The minimum absolute atomic E-state index is 0.0137. The van der Waals surface area contributed by atoms with Gasteiger partial charge >= 0.3 is 0 Å². The smallest absolute Gasteiger partial charge is 0.220 e. The van der Waals surface area contributed by atoms with Gasteiger partial charge in [-0.05, 0) is 18.1 Å². The molecule has 4 rings (SSSR count). The van der Waals surface area contributed by atoms with Gasteiger partial charge in [0.05, 0.1) is 6.20 Å². The number of hydrogen-bond donors (Lipinski definition) is 1. The molecule has 1 aromatic carbocycles. The van der Waals surface area contributed by atoms with Crippen LogP contribution in [0.1, 0.15) is 24.3 Å². The number of aromatic nitrogens is 5. The Bertz CT molecular complexity index is 1040. The van der Waals surface area contributed by atoms with Crippen LogP contribution in [0.5, 0.6) is 0 Å². The zero-order valence-corrected chi connectivity index (χ0v) is 15.7. The first-order chi connectivity index (χ1) is 14.3. The maximum atomic E-state index is 12.1. The molecule has 0 saturated carbocycles. The number of carbonyl (C=O) groups excluding carboxylic acids is 1. The predicted octanol–water partition coefficient (Wildman–Crippen LogP) is 2.96. The summed E-state index contributed by atoms with van der Waals surface area (Å²) in [6.45, 7) is 0.431. The summed E-state index contributed by atoms with van der Waals surface area (Å²) in [6.07, 6.45) is 8.18. The first-order valence-corrected chi connectivity index (χ1v) is 9.35. The van der Waals surface area contributed by atoms with E-state index in [2.05, 4.69) is 25.4 Å². The summed E-state index contributed by atoms with van der Waals surface area (Å²) >= 11 is 0. The van der Waals surface area contributed by atoms with Gasteiger partial charge in [0.1, 0.15) is 12.7 Å². The molecule has 3 aromatic heterocycles. The molecule has 0 atom stereocenters. The van der Waals surface area contributed by atoms with E-state index in [0.29, 0.717) is 37.5 Å². The van der Waals surface area contributed by atoms with Gasteiger partial charge in [-0.15, -0.1) is 0 Å². The van der Waals surface area contributed by atoms with E-state index in [1.54, 1.807) is 23.4 Å². The highest BCUT2D eigenvalue weighted by molar-refractivity contribution is 5.75. The molecular formula is C21H20N6O2. The lowest BCUT2D eigenvalue weighted by molar-refractivity contribution is -0.121. The minimum Gasteiger partial charge on any atom is -0.441 e. The number of nitrogens with zero attached hydrogens (tertiary/aromatic N) is 5. The molecule has 0 aliphatic carbocycles. The molecule has 0 aliphatic rings. The molecule has 8 heteroatoms. The predicted molar refractivity (Wildman–Crippen MR) is 106 cm³/mol. The molecule has 8 nitrogen and oxygen atoms in total. The summed E-state index contributed by atoms with van der Waals surface area (Å²) in [5, 5.41) is 6.93. The molecule has 0 unspecified atom stereocenters. The third-order valence-electron chi connectivity index (χ3n) is 4.36. The highest BCUT2D eigenvalue weighted by atomic mass is 16.4. The fraction of sp³-hybridized carbons (Fsp3) is 0.190. The monoisotopic (exact) mass is 388 g/mol. The zero-order chi connectivity index (χ0) is 19.9. The number of carbonyl (C=O) groups is 1. The number of nitrogens with one attached hydrogen (secondary N) is 1. The third-order valence-corrected chi connectivity index (χ3v) is 4.36. The van der Waals surface area contributed by atoms with Crippen LogP contribution in [0.15, 0.2) is 71.9 Å². The van der Waals surface area contributed by atoms with Crippen LogP contribution in [0.4, 0.5) is 0 Å². The van der Waals surface area contributed by atoms with Crippen molar-refractivity contribution in [2.24, 2.45) is 0 Å². The average molecular weight is 388 g/mol. The van der Waals surface area contributed by atoms with E-state index in [1.165, 1.54) is 6.33 Å². The summed E-state index contributed by atoms with van der Waals surface area (Å²) < 4.78 is 7.34. The third kappa shape index (κ3) is 4.92. The van der Waals surface area contributed by atoms with Gasteiger partial charge in [0.2, 0.25) is 5.91 Å². The number of benzene rings is 1. The molecule has 4 aromatic rings. The lowest BCUT2D eigenvalue weighted by Gasteiger charge is -2.06. The summed E-state index contributed by atoms with van der Waals surface area (Å²) in [4.78, 5) is 24.6. The van der Waals surface area contributed by atoms with Crippen molar-refractivity contribution in [1.29, 1.82) is 0 Å². The SMILES string of the molecule is O=C(CCCc1ncc(-c2ccccc2)o1)NCc1ccc(-n2cncn2)nc1. The summed E-state index contributed by atoms with van der Waals surface area (Å²) in [6, 6.07) is 13.6. The van der Waals surface area contributed by atoms with Crippen LogP contribution in [0.2, 0.25) is 0 Å². The summed E-state index contributed by atoms with van der Waals surface area (Å²) in [7, 11) is 0. The Balaban J connectivity index is 1.20. The van der Waals surface area contributed by atoms with Gasteiger partial charge in [-0.25, -0.2) is 19.6 Å². The Labute approximate surface area is 167 Å². The molecule has 0 radical (unpaired) electrons. The molecule has 0 saturated heterocycles. The Morgan fingerprint density at radius 1 is 1.07 bits per heavy atom. The number of aryl methyl sites for hydroxylation is 1. The van der Waals surface area contributed by atoms with Crippen molar-refractivity contribution in [3.63, 3.8) is 0 Å². The van der Waals surface area contributed by atoms with E-state index in [1.807, 2.05) is 42.5 Å². The van der Waals surface area contributed by atoms with Crippen LogP contribution in [0, 0.1) is 0 Å². The Hall–Kier alpha value is -3.81. The number of amides is 1. The van der Waals surface area contributed by atoms with Crippen molar-refractivity contribution in [3.05, 3.63) is 79.0 Å². The summed E-state index contributed by atoms with van der Waals surface area (Å²) in [5.41, 5.74) is 1.91. The van der Waals surface area contributed by atoms with Crippen LogP contribution < -0.4 is 5.32 Å². The van der Waals surface area contributed by atoms with Crippen molar-refractivity contribution in [1.82, 2.24) is 30.0 Å². The van der Waals surface area contributed by atoms with E-state index in [-0.39, 0.29) is 5.91 Å². The highest BCUT2D eigenvalue weighted by Crippen LogP contribution is 2.20. The molecule has 1 amide bonds. The molecule has 0 fully saturated rings. The fourth-order valence-electron chi connectivity index (χ4n) is 2.83. The maximum absolute atomic E-state index is 12.1. The zero-order valence-electron chi connectivity index (χ0n) is 15.7. The number of pyridine rings is 1. The maximum Gasteiger partial charge on any atom is 0.220 e. The van der Waals surface area contributed by atoms with E-state index < -0.39 is 0 Å². The van der Waals surface area contributed by atoms with Crippen LogP contribution >= 0.6 is 0 Å². The van der Waals surface area contributed by atoms with Crippen LogP contribution in [0.25, 0.3) is 17.1 Å². The normalized spacial score (nSPS) is 10.8. The van der Waals surface area contributed by atoms with E-state index in [4.69, 9.17) is 4.42 Å². The molecule has 1 N–H and O–H groups in total. The van der Waals surface area contributed by atoms with Gasteiger partial charge in [0, 0.05) is 31.1 Å². The Kier molecular flexibility index (Phi) is 5.70. The standard InChI is InChI=1S/C21H20N6O2/c28-20(24-12-16-9-10-19(23-11-16)27-15-22-14-26-27)7-4-8-21-25-13-18(29-21)17-5-2-1-3-6-17/h1-3,5-6,9-11,13-15H,4,7-8,12H2,(H,24,28). The van der Waals surface area contributed by atoms with Gasteiger partial charge in [0.25, 0.3) is 0 Å². The van der Waals surface area contributed by atoms with Crippen LogP contribution in [-0.2, 0) is 17.8 Å². The number of oxazole rings is 1. The minimum atomic E-state index is -0.0137. The number of hydrogen-bond acceptors (Lipinski definition) is 6. The topological polar surface area (TPSA) is 98.7 Å². The second-order valence-corrected chi connectivity index (χ2v) is 6.48. The van der Waals surface area contributed by atoms with Crippen molar-refractivity contribution in [2.45, 2.75) is 25.8 Å². The van der Waals surface area contributed by atoms with Crippen LogP contribution in [0.3, 0.4) is 0 Å². The van der Waals surface area contributed by atoms with Crippen molar-refractivity contribution >= 4 is 5.91 Å². The van der Waals surface area contributed by atoms with E-state index in [9.17, 15) is 4.79 Å². The quantitative estimate of drug-likeness (QED) is 0.498. The molecule has 0 spiro atoms. The Morgan fingerprint density at radius 2 is 1.97 bits per heavy atom. The first kappa shape index (κ1) is 18.5. The van der Waals surface area contributed by atoms with Crippen molar-refractivity contribution in [3.8, 4) is 17.1 Å². The van der Waals surface area contributed by atoms with Crippen molar-refractivity contribution < 1.29 is 9.21 Å². The highest BCUT2D eigenvalue weighted by Gasteiger charge is 2.08. The molecule has 146 valence electrons. The molecular weight excluding hydrogens is 368 g/mol. The van der Waals surface area contributed by atoms with E-state index in [0.717, 1.165) is 16.9 Å². The van der Waals surface area contributed by atoms with E-state index >= 15 is 0 Å². The van der Waals surface area contributed by atoms with Gasteiger partial charge in [-0.2, -0.15) is 5.10 Å². The average Bonchev–Trinajstić information content (AvgIpc) is 3.46. The molecule has 0 aliphatic heterocycles. The Morgan fingerprint density at radius 3 is 2.72 bits per heavy atom. The second-order valence-electron chi connectivity index (χ2n) is 6.48. The van der Waals surface area contributed by atoms with Crippen molar-refractivity contribution in [2.75, 3.05) is 0 Å². The molecule has 0 bridgehead atoms. The summed E-state index contributed by atoms with van der Waals surface area (Å²) in [5.74, 6) is 2.05. The number of rotatable bonds is 8.